The van der Waals surface area contributed by atoms with Crippen molar-refractivity contribution < 1.29 is 19.4 Å². The van der Waals surface area contributed by atoms with Crippen LogP contribution in [-0.4, -0.2) is 23.7 Å². The topological polar surface area (TPSA) is 75.6 Å². The summed E-state index contributed by atoms with van der Waals surface area (Å²) >= 11 is 0. The molecule has 1 aliphatic carbocycles. The van der Waals surface area contributed by atoms with Gasteiger partial charge in [0.25, 0.3) is 0 Å². The van der Waals surface area contributed by atoms with Gasteiger partial charge in [0.2, 0.25) is 0 Å². The van der Waals surface area contributed by atoms with Gasteiger partial charge in [-0.25, -0.2) is 9.59 Å². The fourth-order valence-electron chi connectivity index (χ4n) is 2.63. The zero-order valence-electron chi connectivity index (χ0n) is 13.4. The highest BCUT2D eigenvalue weighted by atomic mass is 16.5. The van der Waals surface area contributed by atoms with Crippen LogP contribution < -0.4 is 5.32 Å². The van der Waals surface area contributed by atoms with Gasteiger partial charge in [0, 0.05) is 5.70 Å². The Kier molecular flexibility index (Phi) is 6.20. The van der Waals surface area contributed by atoms with Crippen LogP contribution in [0.25, 0.3) is 0 Å². The molecule has 0 aliphatic heterocycles. The molecule has 0 fully saturated rings. The highest BCUT2D eigenvalue weighted by Crippen LogP contribution is 2.28. The lowest BCUT2D eigenvalue weighted by Crippen LogP contribution is -2.29. The molecule has 0 spiro atoms. The molecule has 0 radical (unpaired) electrons. The highest BCUT2D eigenvalue weighted by molar-refractivity contribution is 5.90. The van der Waals surface area contributed by atoms with Crippen LogP contribution in [0.1, 0.15) is 50.6 Å². The number of carboxylic acid groups (broad SMARTS) is 1. The minimum atomic E-state index is -0.964. The monoisotopic (exact) mass is 317 g/mol. The lowest BCUT2D eigenvalue weighted by Gasteiger charge is -2.18. The first-order valence-electron chi connectivity index (χ1n) is 8.07. The quantitative estimate of drug-likeness (QED) is 0.569. The molecule has 0 unspecified atom stereocenters. The summed E-state index contributed by atoms with van der Waals surface area (Å²) in [5.41, 5.74) is 1.95. The number of esters is 1. The van der Waals surface area contributed by atoms with Crippen molar-refractivity contribution in [3.8, 4) is 0 Å². The molecule has 0 heterocycles. The summed E-state index contributed by atoms with van der Waals surface area (Å²) in [6, 6.07) is 8.11. The summed E-state index contributed by atoms with van der Waals surface area (Å²) < 4.78 is 5.26. The van der Waals surface area contributed by atoms with E-state index < -0.39 is 12.0 Å². The average Bonchev–Trinajstić information content (AvgIpc) is 3.01. The van der Waals surface area contributed by atoms with Crippen molar-refractivity contribution in [1.82, 2.24) is 5.32 Å². The van der Waals surface area contributed by atoms with Crippen LogP contribution in [0.5, 0.6) is 0 Å². The Balaban J connectivity index is 2.12. The lowest BCUT2D eigenvalue weighted by molar-refractivity contribution is -0.140. The molecule has 0 saturated heterocycles. The molecule has 0 saturated carbocycles. The second-order valence-electron chi connectivity index (χ2n) is 5.63. The zero-order valence-corrected chi connectivity index (χ0v) is 13.4. The van der Waals surface area contributed by atoms with Gasteiger partial charge in [-0.15, -0.1) is 0 Å². The molecule has 2 N–H and O–H groups in total. The van der Waals surface area contributed by atoms with Gasteiger partial charge in [0.15, 0.2) is 0 Å². The van der Waals surface area contributed by atoms with Crippen molar-refractivity contribution in [3.05, 3.63) is 47.2 Å². The smallest absolute Gasteiger partial charge is 0.335 e. The van der Waals surface area contributed by atoms with Gasteiger partial charge in [0.1, 0.15) is 6.04 Å². The van der Waals surface area contributed by atoms with Gasteiger partial charge in [-0.1, -0.05) is 43.7 Å². The summed E-state index contributed by atoms with van der Waals surface area (Å²) in [4.78, 5) is 23.7. The van der Waals surface area contributed by atoms with Crippen molar-refractivity contribution in [2.24, 2.45) is 0 Å². The lowest BCUT2D eigenvalue weighted by atomic mass is 10.1. The fourth-order valence-corrected chi connectivity index (χ4v) is 2.63. The first-order chi connectivity index (χ1) is 11.1. The maximum absolute atomic E-state index is 12.2. The van der Waals surface area contributed by atoms with Crippen LogP contribution in [-0.2, 0) is 14.3 Å². The third-order valence-corrected chi connectivity index (χ3v) is 3.89. The minimum absolute atomic E-state index is 0.323. The van der Waals surface area contributed by atoms with E-state index >= 15 is 0 Å². The van der Waals surface area contributed by atoms with Gasteiger partial charge in [0.05, 0.1) is 12.2 Å². The largest absolute Gasteiger partial charge is 0.479 e. The van der Waals surface area contributed by atoms with Gasteiger partial charge in [-0.05, 0) is 31.2 Å². The summed E-state index contributed by atoms with van der Waals surface area (Å²) in [6.45, 7) is 2.44. The van der Waals surface area contributed by atoms with Crippen LogP contribution in [0.4, 0.5) is 0 Å². The summed E-state index contributed by atoms with van der Waals surface area (Å²) in [7, 11) is 0. The van der Waals surface area contributed by atoms with Crippen molar-refractivity contribution in [2.45, 2.75) is 45.1 Å². The van der Waals surface area contributed by atoms with Crippen molar-refractivity contribution in [1.29, 1.82) is 0 Å². The van der Waals surface area contributed by atoms with Crippen LogP contribution in [0.3, 0.4) is 0 Å². The molecule has 5 heteroatoms. The van der Waals surface area contributed by atoms with Gasteiger partial charge in [-0.2, -0.15) is 0 Å². The molecule has 124 valence electrons. The van der Waals surface area contributed by atoms with Crippen LogP contribution >= 0.6 is 0 Å². The van der Waals surface area contributed by atoms with E-state index in [1.807, 2.05) is 13.0 Å². The number of nitrogens with one attached hydrogen (secondary N) is 1. The van der Waals surface area contributed by atoms with Gasteiger partial charge < -0.3 is 15.2 Å². The second-order valence-corrected chi connectivity index (χ2v) is 5.63. The molecule has 23 heavy (non-hydrogen) atoms. The van der Waals surface area contributed by atoms with Crippen LogP contribution in [0, 0.1) is 0 Å². The predicted molar refractivity (Wildman–Crippen MR) is 86.7 cm³/mol. The molecular weight excluding hydrogens is 294 g/mol. The Hall–Kier alpha value is -2.30. The number of rotatable bonds is 8. The number of benzene rings is 1. The van der Waals surface area contributed by atoms with E-state index in [0.717, 1.165) is 19.3 Å². The number of ether oxygens (including phenoxy) is 1. The number of allylic oxidation sites excluding steroid dienone is 1. The summed E-state index contributed by atoms with van der Waals surface area (Å²) in [6.07, 6.45) is 3.95. The molecule has 2 rings (SSSR count). The summed E-state index contributed by atoms with van der Waals surface area (Å²) in [5.74, 6) is -1.29. The van der Waals surface area contributed by atoms with Gasteiger partial charge >= 0.3 is 11.9 Å². The van der Waals surface area contributed by atoms with Gasteiger partial charge in [-0.3, -0.25) is 0 Å². The van der Waals surface area contributed by atoms with E-state index in [1.54, 1.807) is 24.3 Å². The maximum atomic E-state index is 12.2. The molecule has 0 amide bonds. The fraction of sp³-hybridized carbons (Fsp3) is 0.444. The van der Waals surface area contributed by atoms with E-state index in [9.17, 15) is 14.7 Å². The van der Waals surface area contributed by atoms with Crippen molar-refractivity contribution in [2.75, 3.05) is 6.61 Å². The Bertz CT molecular complexity index is 580. The van der Waals surface area contributed by atoms with E-state index in [2.05, 4.69) is 5.32 Å². The van der Waals surface area contributed by atoms with E-state index in [1.165, 1.54) is 0 Å². The molecule has 5 nitrogen and oxygen atoms in total. The average molecular weight is 317 g/mol. The SMILES string of the molecule is CCCCOC(=O)C1=C(N[C@@H](C(=O)O)c2ccccc2)CCC1. The number of hydrogen-bond acceptors (Lipinski definition) is 4. The minimum Gasteiger partial charge on any atom is -0.479 e. The standard InChI is InChI=1S/C18H23NO4/c1-2-3-12-23-18(22)14-10-7-11-15(14)19-16(17(20)21)13-8-5-4-6-9-13/h4-6,8-9,16,19H,2-3,7,10-12H2,1H3,(H,20,21)/t16-/m1/s1. The molecule has 1 atom stereocenters. The second kappa shape index (κ2) is 8.36. The highest BCUT2D eigenvalue weighted by Gasteiger charge is 2.27. The number of carbonyl (C=O) groups excluding carboxylic acids is 1. The zero-order chi connectivity index (χ0) is 16.7. The molecule has 1 aliphatic rings. The van der Waals surface area contributed by atoms with Crippen molar-refractivity contribution in [3.63, 3.8) is 0 Å². The van der Waals surface area contributed by atoms with E-state index in [0.29, 0.717) is 36.3 Å². The molecular formula is C18H23NO4. The Morgan fingerprint density at radius 1 is 1.26 bits per heavy atom. The van der Waals surface area contributed by atoms with E-state index in [4.69, 9.17) is 4.74 Å². The number of carboxylic acids is 1. The predicted octanol–water partition coefficient (Wildman–Crippen LogP) is 3.18. The van der Waals surface area contributed by atoms with Crippen molar-refractivity contribution >= 4 is 11.9 Å². The number of hydrogen-bond donors (Lipinski definition) is 2. The molecule has 0 bridgehead atoms. The Morgan fingerprint density at radius 3 is 2.65 bits per heavy atom. The Labute approximate surface area is 136 Å². The normalized spacial score (nSPS) is 15.3. The Morgan fingerprint density at radius 2 is 2.00 bits per heavy atom. The van der Waals surface area contributed by atoms with E-state index in [-0.39, 0.29) is 5.97 Å². The van der Waals surface area contributed by atoms with Crippen LogP contribution in [0.15, 0.2) is 41.6 Å². The maximum Gasteiger partial charge on any atom is 0.335 e. The third kappa shape index (κ3) is 4.58. The number of unbranched alkanes of at least 4 members (excludes halogenated alkanes) is 1. The summed E-state index contributed by atoms with van der Waals surface area (Å²) in [5, 5.41) is 12.5. The molecule has 0 aromatic heterocycles. The third-order valence-electron chi connectivity index (χ3n) is 3.89. The number of aliphatic carboxylic acids is 1. The molecule has 1 aromatic carbocycles. The number of carbonyl (C=O) groups is 2. The van der Waals surface area contributed by atoms with Crippen LogP contribution in [0.2, 0.25) is 0 Å². The molecule has 1 aromatic rings. The first kappa shape index (κ1) is 17.1. The first-order valence-corrected chi connectivity index (χ1v) is 8.07.